The van der Waals surface area contributed by atoms with Crippen molar-refractivity contribution >= 4 is 35.2 Å². The maximum atomic E-state index is 13.7. The van der Waals surface area contributed by atoms with Crippen molar-refractivity contribution in [1.29, 1.82) is 0 Å². The molecule has 0 amide bonds. The Labute approximate surface area is 109 Å². The second kappa shape index (κ2) is 4.62. The van der Waals surface area contributed by atoms with Crippen molar-refractivity contribution in [3.05, 3.63) is 27.6 Å². The van der Waals surface area contributed by atoms with Gasteiger partial charge in [0, 0.05) is 27.7 Å². The summed E-state index contributed by atoms with van der Waals surface area (Å²) in [4.78, 5) is 0. The van der Waals surface area contributed by atoms with Gasteiger partial charge in [0.2, 0.25) is 0 Å². The van der Waals surface area contributed by atoms with Crippen LogP contribution < -0.4 is 5.46 Å². The van der Waals surface area contributed by atoms with Crippen molar-refractivity contribution in [3.63, 3.8) is 0 Å². The van der Waals surface area contributed by atoms with E-state index >= 15 is 0 Å². The summed E-state index contributed by atoms with van der Waals surface area (Å²) < 4.78 is 25.6. The third-order valence-corrected chi connectivity index (χ3v) is 3.14. The van der Waals surface area contributed by atoms with Gasteiger partial charge in [-0.2, -0.15) is 0 Å². The fraction of sp³-hybridized carbons (Fsp3) is 0.455. The van der Waals surface area contributed by atoms with E-state index in [9.17, 15) is 4.39 Å². The molecule has 2 rings (SSSR count). The SMILES string of the molecule is CC1(C)COB(c2ccc(I)cc2F)OC1. The van der Waals surface area contributed by atoms with E-state index in [1.54, 1.807) is 6.07 Å². The summed E-state index contributed by atoms with van der Waals surface area (Å²) >= 11 is 2.08. The van der Waals surface area contributed by atoms with E-state index < -0.39 is 7.12 Å². The number of halogens is 2. The number of hydrogen-bond donors (Lipinski definition) is 0. The first-order chi connectivity index (χ1) is 7.48. The molecule has 0 N–H and O–H groups in total. The van der Waals surface area contributed by atoms with Gasteiger partial charge in [0.1, 0.15) is 5.82 Å². The predicted octanol–water partition coefficient (Wildman–Crippen LogP) is 2.20. The van der Waals surface area contributed by atoms with Gasteiger partial charge in [0.15, 0.2) is 0 Å². The fourth-order valence-corrected chi connectivity index (χ4v) is 2.02. The molecule has 0 aliphatic carbocycles. The first-order valence-corrected chi connectivity index (χ1v) is 6.24. The van der Waals surface area contributed by atoms with E-state index in [-0.39, 0.29) is 11.2 Å². The summed E-state index contributed by atoms with van der Waals surface area (Å²) in [5.41, 5.74) is 0.492. The minimum absolute atomic E-state index is 0.0101. The van der Waals surface area contributed by atoms with Crippen LogP contribution in [-0.2, 0) is 9.31 Å². The molecule has 86 valence electrons. The Morgan fingerprint density at radius 2 is 1.94 bits per heavy atom. The summed E-state index contributed by atoms with van der Waals surface area (Å²) in [6.07, 6.45) is 0. The molecule has 1 aliphatic heterocycles. The zero-order valence-electron chi connectivity index (χ0n) is 9.30. The van der Waals surface area contributed by atoms with Crippen LogP contribution in [0, 0.1) is 14.8 Å². The van der Waals surface area contributed by atoms with Gasteiger partial charge in [0.05, 0.1) is 0 Å². The molecule has 5 heteroatoms. The Morgan fingerprint density at radius 1 is 1.31 bits per heavy atom. The molecule has 0 atom stereocenters. The Morgan fingerprint density at radius 3 is 2.50 bits per heavy atom. The van der Waals surface area contributed by atoms with Crippen LogP contribution in [0.5, 0.6) is 0 Å². The first kappa shape index (κ1) is 12.3. The molecule has 1 aromatic carbocycles. The smallest absolute Gasteiger partial charge is 0.407 e. The molecule has 1 heterocycles. The number of rotatable bonds is 1. The Balaban J connectivity index is 2.14. The standard InChI is InChI=1S/C11H13BFIO2/c1-11(2)6-15-12(16-7-11)9-4-3-8(14)5-10(9)13/h3-5H,6-7H2,1-2H3. The molecule has 1 saturated heterocycles. The summed E-state index contributed by atoms with van der Waals surface area (Å²) in [7, 11) is -0.565. The second-order valence-corrected chi connectivity index (χ2v) is 6.03. The fourth-order valence-electron chi connectivity index (χ4n) is 1.56. The molecular weight excluding hydrogens is 321 g/mol. The summed E-state index contributed by atoms with van der Waals surface area (Å²) in [5.74, 6) is -0.267. The highest BCUT2D eigenvalue weighted by molar-refractivity contribution is 14.1. The van der Waals surface area contributed by atoms with Crippen molar-refractivity contribution in [2.45, 2.75) is 13.8 Å². The molecule has 16 heavy (non-hydrogen) atoms. The van der Waals surface area contributed by atoms with Gasteiger partial charge in [-0.05, 0) is 34.7 Å². The molecule has 1 aromatic rings. The van der Waals surface area contributed by atoms with Crippen molar-refractivity contribution in [2.75, 3.05) is 13.2 Å². The molecule has 0 radical (unpaired) electrons. The molecule has 1 fully saturated rings. The van der Waals surface area contributed by atoms with Crippen LogP contribution in [0.15, 0.2) is 18.2 Å². The average molecular weight is 334 g/mol. The normalized spacial score (nSPS) is 19.9. The van der Waals surface area contributed by atoms with Gasteiger partial charge in [-0.3, -0.25) is 0 Å². The molecule has 0 saturated carbocycles. The molecule has 2 nitrogen and oxygen atoms in total. The van der Waals surface area contributed by atoms with E-state index in [4.69, 9.17) is 9.31 Å². The predicted molar refractivity (Wildman–Crippen MR) is 70.2 cm³/mol. The van der Waals surface area contributed by atoms with Crippen molar-refractivity contribution < 1.29 is 13.7 Å². The van der Waals surface area contributed by atoms with E-state index in [0.29, 0.717) is 18.7 Å². The quantitative estimate of drug-likeness (QED) is 0.579. The zero-order chi connectivity index (χ0) is 11.8. The van der Waals surface area contributed by atoms with E-state index in [2.05, 4.69) is 36.4 Å². The van der Waals surface area contributed by atoms with Crippen LogP contribution in [-0.4, -0.2) is 20.3 Å². The Bertz CT molecular complexity index is 388. The number of benzene rings is 1. The highest BCUT2D eigenvalue weighted by Gasteiger charge is 2.34. The monoisotopic (exact) mass is 334 g/mol. The zero-order valence-corrected chi connectivity index (χ0v) is 11.5. The second-order valence-electron chi connectivity index (χ2n) is 4.78. The summed E-state index contributed by atoms with van der Waals surface area (Å²) in [5, 5.41) is 0. The Kier molecular flexibility index (Phi) is 3.56. The van der Waals surface area contributed by atoms with Crippen LogP contribution in [0.4, 0.5) is 4.39 Å². The molecule has 1 aliphatic rings. The van der Waals surface area contributed by atoms with Gasteiger partial charge >= 0.3 is 7.12 Å². The van der Waals surface area contributed by atoms with E-state index in [1.165, 1.54) is 6.07 Å². The van der Waals surface area contributed by atoms with Gasteiger partial charge in [0.25, 0.3) is 0 Å². The topological polar surface area (TPSA) is 18.5 Å². The highest BCUT2D eigenvalue weighted by atomic mass is 127. The van der Waals surface area contributed by atoms with Crippen molar-refractivity contribution in [1.82, 2.24) is 0 Å². The molecular formula is C11H13BFIO2. The van der Waals surface area contributed by atoms with Gasteiger partial charge in [-0.15, -0.1) is 0 Å². The van der Waals surface area contributed by atoms with E-state index in [1.807, 2.05) is 6.07 Å². The van der Waals surface area contributed by atoms with Crippen LogP contribution in [0.25, 0.3) is 0 Å². The third-order valence-electron chi connectivity index (χ3n) is 2.47. The lowest BCUT2D eigenvalue weighted by Gasteiger charge is -2.33. The minimum Gasteiger partial charge on any atom is -0.407 e. The molecule has 0 unspecified atom stereocenters. The first-order valence-electron chi connectivity index (χ1n) is 5.16. The van der Waals surface area contributed by atoms with Gasteiger partial charge < -0.3 is 9.31 Å². The maximum Gasteiger partial charge on any atom is 0.496 e. The average Bonchev–Trinajstić information content (AvgIpc) is 2.19. The lowest BCUT2D eigenvalue weighted by Crippen LogP contribution is -2.48. The maximum absolute atomic E-state index is 13.7. The van der Waals surface area contributed by atoms with E-state index in [0.717, 1.165) is 3.57 Å². The minimum atomic E-state index is -0.565. The summed E-state index contributed by atoms with van der Waals surface area (Å²) in [6.45, 7) is 5.30. The summed E-state index contributed by atoms with van der Waals surface area (Å²) in [6, 6.07) is 5.06. The molecule has 0 spiro atoms. The van der Waals surface area contributed by atoms with Crippen molar-refractivity contribution in [2.24, 2.45) is 5.41 Å². The van der Waals surface area contributed by atoms with Crippen LogP contribution >= 0.6 is 22.6 Å². The highest BCUT2D eigenvalue weighted by Crippen LogP contribution is 2.21. The van der Waals surface area contributed by atoms with Crippen LogP contribution in [0.1, 0.15) is 13.8 Å². The molecule has 0 bridgehead atoms. The van der Waals surface area contributed by atoms with Gasteiger partial charge in [-0.1, -0.05) is 19.9 Å². The lowest BCUT2D eigenvalue weighted by atomic mass is 9.75. The van der Waals surface area contributed by atoms with Gasteiger partial charge in [-0.25, -0.2) is 4.39 Å². The Hall–Kier alpha value is -0.135. The number of hydrogen-bond acceptors (Lipinski definition) is 2. The molecule has 0 aromatic heterocycles. The lowest BCUT2D eigenvalue weighted by molar-refractivity contribution is 0.0340. The van der Waals surface area contributed by atoms with Crippen LogP contribution in [0.2, 0.25) is 0 Å². The largest absolute Gasteiger partial charge is 0.496 e. The van der Waals surface area contributed by atoms with Crippen molar-refractivity contribution in [3.8, 4) is 0 Å². The van der Waals surface area contributed by atoms with Crippen LogP contribution in [0.3, 0.4) is 0 Å². The third kappa shape index (κ3) is 2.75.